The zero-order valence-electron chi connectivity index (χ0n) is 13.9. The highest BCUT2D eigenvalue weighted by atomic mass is 32.2. The number of rotatable bonds is 8. The lowest BCUT2D eigenvalue weighted by atomic mass is 10.3. The van der Waals surface area contributed by atoms with Crippen molar-refractivity contribution in [2.75, 3.05) is 11.1 Å². The van der Waals surface area contributed by atoms with Gasteiger partial charge in [-0.3, -0.25) is 9.59 Å². The highest BCUT2D eigenvalue weighted by molar-refractivity contribution is 7.99. The number of benzene rings is 1. The van der Waals surface area contributed by atoms with Crippen LogP contribution in [0.1, 0.15) is 35.1 Å². The molecule has 0 fully saturated rings. The van der Waals surface area contributed by atoms with Crippen LogP contribution in [-0.4, -0.2) is 33.8 Å². The lowest BCUT2D eigenvalue weighted by molar-refractivity contribution is -0.119. The second-order valence-corrected chi connectivity index (χ2v) is 7.38. The van der Waals surface area contributed by atoms with E-state index in [4.69, 9.17) is 0 Å². The van der Waals surface area contributed by atoms with Crippen molar-refractivity contribution in [1.29, 1.82) is 0 Å². The van der Waals surface area contributed by atoms with Gasteiger partial charge in [-0.2, -0.15) is 0 Å². The Labute approximate surface area is 153 Å². The fourth-order valence-corrected chi connectivity index (χ4v) is 3.39. The molecule has 2 amide bonds. The molecule has 0 radical (unpaired) electrons. The maximum atomic E-state index is 12.9. The molecule has 0 saturated carbocycles. The predicted octanol–water partition coefficient (Wildman–Crippen LogP) is 3.08. The van der Waals surface area contributed by atoms with Gasteiger partial charge >= 0.3 is 0 Å². The first-order chi connectivity index (χ1) is 12.0. The Morgan fingerprint density at radius 2 is 2.00 bits per heavy atom. The molecule has 0 saturated heterocycles. The summed E-state index contributed by atoms with van der Waals surface area (Å²) in [5, 5.41) is 14.2. The molecular formula is C16H19FN4O2S2. The summed E-state index contributed by atoms with van der Waals surface area (Å²) in [5.41, 5.74) is 0.485. The number of thioether (sulfide) groups is 1. The van der Waals surface area contributed by atoms with Gasteiger partial charge in [-0.05, 0) is 37.6 Å². The van der Waals surface area contributed by atoms with Crippen molar-refractivity contribution in [2.45, 2.75) is 32.1 Å². The second kappa shape index (κ2) is 9.47. The van der Waals surface area contributed by atoms with E-state index in [1.54, 1.807) is 0 Å². The lowest BCUT2D eigenvalue weighted by Gasteiger charge is -2.10. The van der Waals surface area contributed by atoms with E-state index >= 15 is 0 Å². The Morgan fingerprint density at radius 1 is 1.28 bits per heavy atom. The van der Waals surface area contributed by atoms with E-state index in [-0.39, 0.29) is 22.8 Å². The van der Waals surface area contributed by atoms with E-state index in [0.29, 0.717) is 22.2 Å². The maximum absolute atomic E-state index is 12.9. The van der Waals surface area contributed by atoms with Crippen LogP contribution in [0.4, 0.5) is 10.1 Å². The zero-order valence-corrected chi connectivity index (χ0v) is 15.5. The summed E-state index contributed by atoms with van der Waals surface area (Å²) in [6.07, 6.45) is 0.888. The Bertz CT molecular complexity index is 721. The molecule has 2 N–H and O–H groups in total. The third kappa shape index (κ3) is 6.43. The number of anilines is 1. The summed E-state index contributed by atoms with van der Waals surface area (Å²) in [7, 11) is 0. The molecule has 6 nitrogen and oxygen atoms in total. The van der Waals surface area contributed by atoms with Gasteiger partial charge in [-0.25, -0.2) is 4.39 Å². The number of hydrogen-bond donors (Lipinski definition) is 2. The van der Waals surface area contributed by atoms with Crippen molar-refractivity contribution in [3.63, 3.8) is 0 Å². The van der Waals surface area contributed by atoms with Crippen LogP contribution in [0.2, 0.25) is 0 Å². The number of hydrogen-bond acceptors (Lipinski definition) is 6. The van der Waals surface area contributed by atoms with Crippen LogP contribution in [-0.2, 0) is 10.5 Å². The molecule has 134 valence electrons. The number of amides is 2. The summed E-state index contributed by atoms with van der Waals surface area (Å²) in [6.45, 7) is 3.97. The first kappa shape index (κ1) is 19.3. The molecule has 1 atom stereocenters. The van der Waals surface area contributed by atoms with Crippen LogP contribution in [0.25, 0.3) is 0 Å². The number of nitrogens with one attached hydrogen (secondary N) is 2. The number of carbonyl (C=O) groups is 2. The lowest BCUT2D eigenvalue weighted by Crippen LogP contribution is -2.33. The number of nitrogens with zero attached hydrogens (tertiary/aromatic N) is 2. The van der Waals surface area contributed by atoms with Crippen LogP contribution < -0.4 is 10.6 Å². The van der Waals surface area contributed by atoms with Crippen molar-refractivity contribution < 1.29 is 14.0 Å². The van der Waals surface area contributed by atoms with Gasteiger partial charge in [0.25, 0.3) is 5.91 Å². The zero-order chi connectivity index (χ0) is 18.2. The number of aromatic nitrogens is 2. The van der Waals surface area contributed by atoms with E-state index in [1.165, 1.54) is 47.4 Å². The molecule has 0 aliphatic heterocycles. The topological polar surface area (TPSA) is 84.0 Å². The Hall–Kier alpha value is -2.00. The first-order valence-corrected chi connectivity index (χ1v) is 9.71. The molecule has 2 aromatic rings. The van der Waals surface area contributed by atoms with E-state index < -0.39 is 5.91 Å². The second-order valence-electron chi connectivity index (χ2n) is 5.33. The minimum atomic E-state index is -0.394. The minimum Gasteiger partial charge on any atom is -0.353 e. The minimum absolute atomic E-state index is 0.0156. The normalized spacial score (nSPS) is 11.8. The van der Waals surface area contributed by atoms with Gasteiger partial charge in [0.15, 0.2) is 0 Å². The number of carbonyl (C=O) groups excluding carboxylic acids is 2. The van der Waals surface area contributed by atoms with Gasteiger partial charge in [0.05, 0.1) is 5.75 Å². The smallest absolute Gasteiger partial charge is 0.286 e. The standard InChI is InChI=1S/C16H19FN4O2S2/c1-3-10(2)18-13(22)8-24-9-14-20-21-16(25-14)15(23)19-12-6-4-11(17)5-7-12/h4-7,10H,3,8-9H2,1-2H3,(H,18,22)(H,19,23)/t10-/m0/s1. The molecular weight excluding hydrogens is 363 g/mol. The summed E-state index contributed by atoms with van der Waals surface area (Å²) in [6, 6.07) is 5.64. The van der Waals surface area contributed by atoms with E-state index in [1.807, 2.05) is 13.8 Å². The summed E-state index contributed by atoms with van der Waals surface area (Å²) in [4.78, 5) is 23.8. The van der Waals surface area contributed by atoms with Gasteiger partial charge < -0.3 is 10.6 Å². The van der Waals surface area contributed by atoms with Crippen molar-refractivity contribution >= 4 is 40.6 Å². The van der Waals surface area contributed by atoms with Crippen LogP contribution >= 0.6 is 23.1 Å². The van der Waals surface area contributed by atoms with Crippen molar-refractivity contribution in [1.82, 2.24) is 15.5 Å². The fraction of sp³-hybridized carbons (Fsp3) is 0.375. The summed E-state index contributed by atoms with van der Waals surface area (Å²) >= 11 is 2.59. The van der Waals surface area contributed by atoms with Crippen LogP contribution in [0.5, 0.6) is 0 Å². The van der Waals surface area contributed by atoms with Gasteiger partial charge in [0.1, 0.15) is 10.8 Å². The summed E-state index contributed by atoms with van der Waals surface area (Å²) < 4.78 is 12.9. The van der Waals surface area contributed by atoms with Crippen LogP contribution in [0.15, 0.2) is 24.3 Å². The Kier molecular flexibility index (Phi) is 7.32. The Balaban J connectivity index is 1.80. The van der Waals surface area contributed by atoms with Gasteiger partial charge in [0, 0.05) is 17.5 Å². The SMILES string of the molecule is CC[C@H](C)NC(=O)CSCc1nnc(C(=O)Nc2ccc(F)cc2)s1. The van der Waals surface area contributed by atoms with Crippen molar-refractivity contribution in [2.24, 2.45) is 0 Å². The van der Waals surface area contributed by atoms with E-state index in [0.717, 1.165) is 6.42 Å². The predicted molar refractivity (Wildman–Crippen MR) is 98.3 cm³/mol. The first-order valence-electron chi connectivity index (χ1n) is 7.74. The molecule has 0 bridgehead atoms. The highest BCUT2D eigenvalue weighted by Crippen LogP contribution is 2.18. The van der Waals surface area contributed by atoms with Gasteiger partial charge in [-0.15, -0.1) is 22.0 Å². The third-order valence-electron chi connectivity index (χ3n) is 3.24. The molecule has 0 aliphatic carbocycles. The number of halogens is 1. The van der Waals surface area contributed by atoms with Gasteiger partial charge in [0.2, 0.25) is 10.9 Å². The molecule has 1 aromatic heterocycles. The van der Waals surface area contributed by atoms with Crippen LogP contribution in [0, 0.1) is 5.82 Å². The molecule has 2 rings (SSSR count). The average Bonchev–Trinajstić information content (AvgIpc) is 3.06. The monoisotopic (exact) mass is 382 g/mol. The molecule has 25 heavy (non-hydrogen) atoms. The maximum Gasteiger partial charge on any atom is 0.286 e. The molecule has 9 heteroatoms. The fourth-order valence-electron chi connectivity index (χ4n) is 1.77. The quantitative estimate of drug-likeness (QED) is 0.733. The Morgan fingerprint density at radius 3 is 2.68 bits per heavy atom. The van der Waals surface area contributed by atoms with Crippen molar-refractivity contribution in [3.05, 3.63) is 40.1 Å². The average molecular weight is 382 g/mol. The molecule has 0 spiro atoms. The highest BCUT2D eigenvalue weighted by Gasteiger charge is 2.14. The largest absolute Gasteiger partial charge is 0.353 e. The van der Waals surface area contributed by atoms with E-state index in [2.05, 4.69) is 20.8 Å². The third-order valence-corrected chi connectivity index (χ3v) is 5.29. The van der Waals surface area contributed by atoms with Gasteiger partial charge in [-0.1, -0.05) is 18.3 Å². The van der Waals surface area contributed by atoms with Crippen molar-refractivity contribution in [3.8, 4) is 0 Å². The van der Waals surface area contributed by atoms with E-state index in [9.17, 15) is 14.0 Å². The molecule has 0 unspecified atom stereocenters. The van der Waals surface area contributed by atoms with Crippen LogP contribution in [0.3, 0.4) is 0 Å². The summed E-state index contributed by atoms with van der Waals surface area (Å²) in [5.74, 6) is 0.0646. The molecule has 0 aliphatic rings. The molecule has 1 heterocycles. The molecule has 1 aromatic carbocycles.